The fraction of sp³-hybridized carbons (Fsp3) is 1.00. The van der Waals surface area contributed by atoms with Gasteiger partial charge >= 0.3 is 0 Å². The van der Waals surface area contributed by atoms with Crippen LogP contribution in [0.25, 0.3) is 0 Å². The van der Waals surface area contributed by atoms with Crippen LogP contribution >= 0.6 is 0 Å². The normalized spacial score (nSPS) is 13.3. The van der Waals surface area contributed by atoms with Gasteiger partial charge in [-0.25, -0.2) is 0 Å². The molecule has 0 rings (SSSR count). The van der Waals surface area contributed by atoms with Crippen molar-refractivity contribution in [3.8, 4) is 0 Å². The van der Waals surface area contributed by atoms with Crippen LogP contribution in [0.2, 0.25) is 25.7 Å². The Morgan fingerprint density at radius 1 is 1.00 bits per heavy atom. The van der Waals surface area contributed by atoms with Crippen molar-refractivity contribution < 1.29 is 0 Å². The van der Waals surface area contributed by atoms with Gasteiger partial charge in [-0.15, -0.1) is 0 Å². The van der Waals surface area contributed by atoms with Crippen molar-refractivity contribution >= 4 is 17.9 Å². The Morgan fingerprint density at radius 3 is 2.00 bits per heavy atom. The Bertz CT molecular complexity index is 132. The van der Waals surface area contributed by atoms with Crippen LogP contribution in [0.5, 0.6) is 0 Å². The van der Waals surface area contributed by atoms with Crippen LogP contribution in [0.3, 0.4) is 0 Å². The van der Waals surface area contributed by atoms with Crippen molar-refractivity contribution in [3.63, 3.8) is 0 Å². The largest absolute Gasteiger partial charge is 0.350 e. The lowest BCUT2D eigenvalue weighted by molar-refractivity contribution is 0.590. The van der Waals surface area contributed by atoms with Gasteiger partial charge in [0.2, 0.25) is 0 Å². The summed E-state index contributed by atoms with van der Waals surface area (Å²) in [6.45, 7) is 13.5. The molecule has 0 amide bonds. The van der Waals surface area contributed by atoms with E-state index in [-0.39, 0.29) is 9.68 Å². The lowest BCUT2D eigenvalue weighted by Crippen LogP contribution is -2.48. The van der Waals surface area contributed by atoms with Crippen LogP contribution in [-0.2, 0) is 0 Å². The fourth-order valence-corrected chi connectivity index (χ4v) is 7.22. The molecular weight excluding hydrogens is 202 g/mol. The second-order valence-corrected chi connectivity index (χ2v) is 12.7. The molecule has 0 aromatic heterocycles. The minimum atomic E-state index is -0.979. The highest BCUT2D eigenvalue weighted by atomic mass is 28.4. The second kappa shape index (κ2) is 7.66. The minimum absolute atomic E-state index is 0.0849. The maximum absolute atomic E-state index is 2.91. The fourth-order valence-electron chi connectivity index (χ4n) is 1.68. The zero-order valence-corrected chi connectivity index (χ0v) is 13.3. The summed E-state index contributed by atoms with van der Waals surface area (Å²) >= 11 is 0. The predicted octanol–water partition coefficient (Wildman–Crippen LogP) is 3.23. The molecule has 0 aromatic carbocycles. The van der Waals surface area contributed by atoms with Crippen LogP contribution in [0.1, 0.15) is 39.5 Å². The van der Waals surface area contributed by atoms with Crippen molar-refractivity contribution in [2.24, 2.45) is 0 Å². The average Bonchev–Trinajstić information content (AvgIpc) is 2.09. The molecule has 0 bridgehead atoms. The first kappa shape index (κ1) is 14.4. The van der Waals surface area contributed by atoms with E-state index < -0.39 is 8.24 Å². The molecule has 0 aliphatic carbocycles. The van der Waals surface area contributed by atoms with Gasteiger partial charge in [0.1, 0.15) is 8.24 Å². The third kappa shape index (κ3) is 6.79. The third-order valence-corrected chi connectivity index (χ3v) is 10.1. The number of rotatable bonds is 8. The first-order chi connectivity index (χ1) is 6.52. The molecule has 0 fully saturated rings. The highest BCUT2D eigenvalue weighted by molar-refractivity contribution is 6.79. The maximum Gasteiger partial charge on any atom is 0.112 e. The molecule has 0 unspecified atom stereocenters. The smallest absolute Gasteiger partial charge is 0.112 e. The van der Waals surface area contributed by atoms with E-state index in [0.717, 1.165) is 0 Å². The molecule has 0 saturated heterocycles. The quantitative estimate of drug-likeness (QED) is 0.458. The van der Waals surface area contributed by atoms with Gasteiger partial charge < -0.3 is 4.23 Å². The Hall–Kier alpha value is 0.394. The van der Waals surface area contributed by atoms with E-state index in [9.17, 15) is 0 Å². The van der Waals surface area contributed by atoms with Crippen LogP contribution in [0.4, 0.5) is 0 Å². The lowest BCUT2D eigenvalue weighted by atomic mass is 10.3. The first-order valence-corrected chi connectivity index (χ1v) is 11.3. The van der Waals surface area contributed by atoms with E-state index in [2.05, 4.69) is 37.7 Å². The van der Waals surface area contributed by atoms with Crippen molar-refractivity contribution in [1.82, 2.24) is 4.23 Å². The molecule has 3 heteroatoms. The Labute approximate surface area is 94.3 Å². The van der Waals surface area contributed by atoms with E-state index >= 15 is 0 Å². The van der Waals surface area contributed by atoms with E-state index in [0.29, 0.717) is 0 Å². The summed E-state index contributed by atoms with van der Waals surface area (Å²) in [5, 5.41) is 0. The van der Waals surface area contributed by atoms with Gasteiger partial charge in [-0.2, -0.15) is 0 Å². The van der Waals surface area contributed by atoms with E-state index in [1.54, 1.807) is 0 Å². The highest BCUT2D eigenvalue weighted by Gasteiger charge is 2.22. The summed E-state index contributed by atoms with van der Waals surface area (Å²) < 4.78 is 2.91. The topological polar surface area (TPSA) is 3.24 Å². The van der Waals surface area contributed by atoms with Gasteiger partial charge in [-0.05, 0) is 13.0 Å². The third-order valence-electron chi connectivity index (χ3n) is 2.76. The van der Waals surface area contributed by atoms with Crippen LogP contribution < -0.4 is 0 Å². The number of hydrogen-bond donors (Lipinski definition) is 0. The summed E-state index contributed by atoms with van der Waals surface area (Å²) in [6.07, 6.45) is 5.59. The van der Waals surface area contributed by atoms with Gasteiger partial charge in [-0.1, -0.05) is 58.8 Å². The van der Waals surface area contributed by atoms with Gasteiger partial charge in [0.15, 0.2) is 0 Å². The standard InChI is InChI=1S/C11H29NSi2/c1-6-8-10-12(14(3,4)5)13-11-9-7-2/h6-11,13H2,1-5H3. The van der Waals surface area contributed by atoms with E-state index in [4.69, 9.17) is 0 Å². The Kier molecular flexibility index (Phi) is 7.87. The zero-order chi connectivity index (χ0) is 11.0. The molecule has 0 spiro atoms. The Balaban J connectivity index is 3.85. The van der Waals surface area contributed by atoms with Gasteiger partial charge in [-0.3, -0.25) is 0 Å². The first-order valence-electron chi connectivity index (χ1n) is 6.27. The van der Waals surface area contributed by atoms with Crippen molar-refractivity contribution in [3.05, 3.63) is 0 Å². The molecule has 0 aliphatic heterocycles. The minimum Gasteiger partial charge on any atom is -0.350 e. The van der Waals surface area contributed by atoms with Crippen molar-refractivity contribution in [2.75, 3.05) is 6.54 Å². The molecule has 0 aliphatic rings. The SMILES string of the molecule is CCCC[SiH2]N(CCCC)[Si](C)(C)C. The lowest BCUT2D eigenvalue weighted by Gasteiger charge is -2.34. The number of hydrogen-bond acceptors (Lipinski definition) is 1. The second-order valence-electron chi connectivity index (χ2n) is 5.22. The molecule has 1 nitrogen and oxygen atoms in total. The van der Waals surface area contributed by atoms with E-state index in [1.807, 2.05) is 0 Å². The van der Waals surface area contributed by atoms with Crippen LogP contribution in [0, 0.1) is 0 Å². The summed E-state index contributed by atoms with van der Waals surface area (Å²) in [7, 11) is -0.894. The molecule has 0 heterocycles. The molecule has 86 valence electrons. The monoisotopic (exact) mass is 231 g/mol. The Morgan fingerprint density at radius 2 is 1.57 bits per heavy atom. The zero-order valence-electron chi connectivity index (χ0n) is 10.9. The van der Waals surface area contributed by atoms with Crippen molar-refractivity contribution in [1.29, 1.82) is 0 Å². The molecule has 14 heavy (non-hydrogen) atoms. The molecule has 0 atom stereocenters. The highest BCUT2D eigenvalue weighted by Crippen LogP contribution is 2.11. The summed E-state index contributed by atoms with van der Waals surface area (Å²) in [5.41, 5.74) is 0. The van der Waals surface area contributed by atoms with Crippen LogP contribution in [-0.4, -0.2) is 28.7 Å². The van der Waals surface area contributed by atoms with Gasteiger partial charge in [0, 0.05) is 0 Å². The van der Waals surface area contributed by atoms with Crippen LogP contribution in [0.15, 0.2) is 0 Å². The van der Waals surface area contributed by atoms with Crippen molar-refractivity contribution in [2.45, 2.75) is 65.2 Å². The molecule has 0 saturated carbocycles. The summed E-state index contributed by atoms with van der Waals surface area (Å²) in [6, 6.07) is 1.53. The molecule has 0 aromatic rings. The molecule has 0 N–H and O–H groups in total. The summed E-state index contributed by atoms with van der Waals surface area (Å²) in [4.78, 5) is 0. The number of unbranched alkanes of at least 4 members (excludes halogenated alkanes) is 2. The van der Waals surface area contributed by atoms with Gasteiger partial charge in [0.05, 0.1) is 9.68 Å². The number of nitrogens with zero attached hydrogens (tertiary/aromatic N) is 1. The molecular formula is C11H29NSi2. The summed E-state index contributed by atoms with van der Waals surface area (Å²) in [5.74, 6) is 0. The predicted molar refractivity (Wildman–Crippen MR) is 73.2 cm³/mol. The maximum atomic E-state index is 2.91. The van der Waals surface area contributed by atoms with E-state index in [1.165, 1.54) is 38.3 Å². The average molecular weight is 232 g/mol. The molecule has 0 radical (unpaired) electrons. The van der Waals surface area contributed by atoms with Gasteiger partial charge in [0.25, 0.3) is 0 Å².